The van der Waals surface area contributed by atoms with Crippen LogP contribution in [0.5, 0.6) is 0 Å². The third-order valence-electron chi connectivity index (χ3n) is 3.84. The summed E-state index contributed by atoms with van der Waals surface area (Å²) in [5, 5.41) is 15.2. The van der Waals surface area contributed by atoms with Crippen molar-refractivity contribution in [1.82, 2.24) is 0 Å². The van der Waals surface area contributed by atoms with E-state index in [-0.39, 0.29) is 23.5 Å². The van der Waals surface area contributed by atoms with Gasteiger partial charge in [-0.25, -0.2) is 4.79 Å². The van der Waals surface area contributed by atoms with Crippen molar-refractivity contribution in [2.24, 2.45) is 5.16 Å². The van der Waals surface area contributed by atoms with E-state index in [0.717, 1.165) is 5.56 Å². The Balaban J connectivity index is 2.00. The van der Waals surface area contributed by atoms with Gasteiger partial charge >= 0.3 is 5.97 Å². The molecule has 3 rings (SSSR count). The molecule has 0 radical (unpaired) electrons. The summed E-state index contributed by atoms with van der Waals surface area (Å²) in [7, 11) is 0. The minimum absolute atomic E-state index is 0.154. The summed E-state index contributed by atoms with van der Waals surface area (Å²) in [4.78, 5) is 39.2. The highest BCUT2D eigenvalue weighted by atomic mass is 35.5. The number of non-ortho nitro benzene ring substituents is 1. The van der Waals surface area contributed by atoms with Gasteiger partial charge in [0.2, 0.25) is 4.84 Å². The smallest absolute Gasteiger partial charge is 0.314 e. The second kappa shape index (κ2) is 8.14. The van der Waals surface area contributed by atoms with Gasteiger partial charge in [0.05, 0.1) is 17.2 Å². The first-order chi connectivity index (χ1) is 13.3. The monoisotopic (exact) mass is 441 g/mol. The Kier molecular flexibility index (Phi) is 5.83. The summed E-state index contributed by atoms with van der Waals surface area (Å²) in [6.45, 7) is 0.154. The van der Waals surface area contributed by atoms with Crippen molar-refractivity contribution in [3.8, 4) is 0 Å². The van der Waals surface area contributed by atoms with Crippen LogP contribution in [-0.2, 0) is 21.0 Å². The van der Waals surface area contributed by atoms with Crippen LogP contribution in [0.4, 0.5) is 11.4 Å². The maximum absolute atomic E-state index is 12.8. The number of alkyl halides is 2. The first kappa shape index (κ1) is 20.1. The molecule has 1 heterocycles. The summed E-state index contributed by atoms with van der Waals surface area (Å²) < 4.78 is 0. The lowest BCUT2D eigenvalue weighted by Gasteiger charge is -2.16. The van der Waals surface area contributed by atoms with Crippen LogP contribution in [0.3, 0.4) is 0 Å². The van der Waals surface area contributed by atoms with Crippen molar-refractivity contribution >= 4 is 63.8 Å². The number of anilines is 1. The van der Waals surface area contributed by atoms with Gasteiger partial charge in [-0.3, -0.25) is 14.9 Å². The Morgan fingerprint density at radius 1 is 1.21 bits per heavy atom. The van der Waals surface area contributed by atoms with E-state index in [1.54, 1.807) is 24.3 Å². The first-order valence-corrected chi connectivity index (χ1v) is 8.95. The summed E-state index contributed by atoms with van der Waals surface area (Å²) >= 11 is 16.7. The van der Waals surface area contributed by atoms with Crippen molar-refractivity contribution < 1.29 is 19.3 Å². The van der Waals surface area contributed by atoms with Gasteiger partial charge in [0.15, 0.2) is 5.71 Å². The highest BCUT2D eigenvalue weighted by molar-refractivity contribution is 6.55. The zero-order chi connectivity index (χ0) is 20.4. The molecule has 0 aromatic heterocycles. The number of rotatable bonds is 5. The molecule has 0 saturated heterocycles. The van der Waals surface area contributed by atoms with Gasteiger partial charge < -0.3 is 9.74 Å². The van der Waals surface area contributed by atoms with Crippen molar-refractivity contribution in [2.45, 2.75) is 11.4 Å². The number of nitrogens with zero attached hydrogens (tertiary/aromatic N) is 3. The zero-order valence-corrected chi connectivity index (χ0v) is 16.1. The lowest BCUT2D eigenvalue weighted by molar-refractivity contribution is -0.384. The SMILES string of the molecule is O=C(O/N=C1\C(=O)N(Cc2ccc(Cl)cc2)c2ccc([N+](=O)[O-])cc21)C(Cl)Cl. The number of hydrogen-bond acceptors (Lipinski definition) is 6. The van der Waals surface area contributed by atoms with Crippen molar-refractivity contribution in [3.63, 3.8) is 0 Å². The van der Waals surface area contributed by atoms with E-state index in [0.29, 0.717) is 10.7 Å². The lowest BCUT2D eigenvalue weighted by Crippen LogP contribution is -2.30. The maximum atomic E-state index is 12.8. The van der Waals surface area contributed by atoms with Crippen LogP contribution in [0.2, 0.25) is 5.02 Å². The number of hydrogen-bond donors (Lipinski definition) is 0. The van der Waals surface area contributed by atoms with E-state index in [9.17, 15) is 19.7 Å². The molecule has 0 aliphatic carbocycles. The molecule has 0 fully saturated rings. The molecule has 2 aromatic carbocycles. The molecule has 2 aromatic rings. The van der Waals surface area contributed by atoms with Gasteiger partial charge in [-0.15, -0.1) is 0 Å². The number of amides is 1. The van der Waals surface area contributed by atoms with E-state index in [1.165, 1.54) is 23.1 Å². The number of carbonyl (C=O) groups is 2. The first-order valence-electron chi connectivity index (χ1n) is 7.70. The molecular weight excluding hydrogens is 433 g/mol. The molecular formula is C17H10Cl3N3O5. The summed E-state index contributed by atoms with van der Waals surface area (Å²) in [6, 6.07) is 10.7. The fraction of sp³-hybridized carbons (Fsp3) is 0.118. The zero-order valence-electron chi connectivity index (χ0n) is 13.8. The Labute approximate surface area is 173 Å². The van der Waals surface area contributed by atoms with E-state index in [1.807, 2.05) is 0 Å². The van der Waals surface area contributed by atoms with Gasteiger partial charge in [-0.1, -0.05) is 52.1 Å². The fourth-order valence-electron chi connectivity index (χ4n) is 2.56. The van der Waals surface area contributed by atoms with Crippen molar-refractivity contribution in [1.29, 1.82) is 0 Å². The minimum atomic E-state index is -1.49. The van der Waals surface area contributed by atoms with Gasteiger partial charge in [0.25, 0.3) is 11.6 Å². The van der Waals surface area contributed by atoms with Gasteiger partial charge in [0, 0.05) is 22.7 Å². The summed E-state index contributed by atoms with van der Waals surface area (Å²) in [5.74, 6) is -1.68. The molecule has 0 atom stereocenters. The molecule has 0 N–H and O–H groups in total. The number of nitro groups is 1. The molecule has 11 heteroatoms. The van der Waals surface area contributed by atoms with Crippen molar-refractivity contribution in [2.75, 3.05) is 4.90 Å². The standard InChI is InChI=1S/C17H10Cl3N3O5/c18-10-3-1-9(2-4-10)8-22-13-6-5-11(23(26)27)7-12(13)14(16(22)24)21-28-17(25)15(19)20/h1-7,15H,8H2/b21-14-. The third-order valence-corrected chi connectivity index (χ3v) is 4.45. The Bertz CT molecular complexity index is 992. The number of halogens is 3. The third kappa shape index (κ3) is 4.09. The second-order valence-electron chi connectivity index (χ2n) is 5.63. The maximum Gasteiger partial charge on any atom is 0.367 e. The lowest BCUT2D eigenvalue weighted by atomic mass is 10.1. The molecule has 144 valence electrons. The van der Waals surface area contributed by atoms with E-state index >= 15 is 0 Å². The molecule has 0 unspecified atom stereocenters. The topological polar surface area (TPSA) is 102 Å². The van der Waals surface area contributed by atoms with Crippen LogP contribution >= 0.6 is 34.8 Å². The molecule has 8 nitrogen and oxygen atoms in total. The van der Waals surface area contributed by atoms with E-state index in [4.69, 9.17) is 34.8 Å². The van der Waals surface area contributed by atoms with Gasteiger partial charge in [-0.2, -0.15) is 0 Å². The van der Waals surface area contributed by atoms with Crippen LogP contribution in [0.25, 0.3) is 0 Å². The number of benzene rings is 2. The normalized spacial score (nSPS) is 14.5. The average Bonchev–Trinajstić information content (AvgIpc) is 2.92. The Morgan fingerprint density at radius 2 is 1.89 bits per heavy atom. The molecule has 1 aliphatic rings. The number of oxime groups is 1. The quantitative estimate of drug-likeness (QED) is 0.303. The number of nitro benzene ring substituents is 1. The number of carbonyl (C=O) groups excluding carboxylic acids is 2. The van der Waals surface area contributed by atoms with Crippen LogP contribution in [0.15, 0.2) is 47.6 Å². The molecule has 0 saturated carbocycles. The van der Waals surface area contributed by atoms with Crippen molar-refractivity contribution in [3.05, 3.63) is 68.7 Å². The van der Waals surface area contributed by atoms with E-state index < -0.39 is 21.6 Å². The van der Waals surface area contributed by atoms with E-state index in [2.05, 4.69) is 9.99 Å². The molecule has 1 amide bonds. The van der Waals surface area contributed by atoms with Crippen LogP contribution in [-0.4, -0.2) is 27.3 Å². The van der Waals surface area contributed by atoms with Gasteiger partial charge in [0.1, 0.15) is 0 Å². The largest absolute Gasteiger partial charge is 0.367 e. The van der Waals surface area contributed by atoms with Crippen LogP contribution in [0, 0.1) is 10.1 Å². The van der Waals surface area contributed by atoms with Gasteiger partial charge in [-0.05, 0) is 23.8 Å². The second-order valence-corrected chi connectivity index (χ2v) is 7.16. The molecule has 1 aliphatic heterocycles. The Morgan fingerprint density at radius 3 is 2.50 bits per heavy atom. The predicted molar refractivity (Wildman–Crippen MR) is 104 cm³/mol. The fourth-order valence-corrected chi connectivity index (χ4v) is 2.77. The van der Waals surface area contributed by atoms with Crippen LogP contribution < -0.4 is 4.90 Å². The minimum Gasteiger partial charge on any atom is -0.314 e. The highest BCUT2D eigenvalue weighted by Crippen LogP contribution is 2.34. The highest BCUT2D eigenvalue weighted by Gasteiger charge is 2.36. The summed E-state index contributed by atoms with van der Waals surface area (Å²) in [5.41, 5.74) is 0.790. The average molecular weight is 443 g/mol. The summed E-state index contributed by atoms with van der Waals surface area (Å²) in [6.07, 6.45) is 0. The molecule has 0 bridgehead atoms. The number of fused-ring (bicyclic) bond motifs is 1. The molecule has 0 spiro atoms. The predicted octanol–water partition coefficient (Wildman–Crippen LogP) is 3.85. The Hall–Kier alpha value is -2.68. The van der Waals surface area contributed by atoms with Crippen LogP contribution in [0.1, 0.15) is 11.1 Å². The molecule has 28 heavy (non-hydrogen) atoms.